The molecule has 0 aliphatic heterocycles. The molecule has 0 radical (unpaired) electrons. The van der Waals surface area contributed by atoms with Crippen molar-refractivity contribution in [2.24, 2.45) is 0 Å². The molecular weight excluding hydrogens is 260 g/mol. The number of nitrogens with zero attached hydrogens (tertiary/aromatic N) is 3. The van der Waals surface area contributed by atoms with Crippen molar-refractivity contribution >= 4 is 17.3 Å². The molecule has 0 saturated carbocycles. The summed E-state index contributed by atoms with van der Waals surface area (Å²) in [6.45, 7) is 7.22. The van der Waals surface area contributed by atoms with Gasteiger partial charge in [0.2, 0.25) is 5.95 Å². The van der Waals surface area contributed by atoms with Crippen LogP contribution in [0.25, 0.3) is 0 Å². The summed E-state index contributed by atoms with van der Waals surface area (Å²) in [4.78, 5) is 8.75. The van der Waals surface area contributed by atoms with Gasteiger partial charge in [-0.3, -0.25) is 0 Å². The van der Waals surface area contributed by atoms with Crippen LogP contribution in [-0.2, 0) is 17.8 Å². The summed E-state index contributed by atoms with van der Waals surface area (Å²) in [6.07, 6.45) is 3.06. The first kappa shape index (κ1) is 14.0. The summed E-state index contributed by atoms with van der Waals surface area (Å²) in [5.74, 6) is 0.905. The molecule has 0 aliphatic rings. The number of imidazole rings is 1. The predicted molar refractivity (Wildman–Crippen MR) is 77.5 cm³/mol. The molecule has 5 nitrogen and oxygen atoms in total. The van der Waals surface area contributed by atoms with Crippen LogP contribution in [0.1, 0.15) is 24.7 Å². The van der Waals surface area contributed by atoms with Gasteiger partial charge in [0, 0.05) is 31.3 Å². The van der Waals surface area contributed by atoms with Crippen LogP contribution in [-0.4, -0.2) is 27.7 Å². The van der Waals surface area contributed by atoms with E-state index in [9.17, 15) is 0 Å². The van der Waals surface area contributed by atoms with E-state index >= 15 is 0 Å². The first-order chi connectivity index (χ1) is 9.29. The van der Waals surface area contributed by atoms with Gasteiger partial charge in [-0.1, -0.05) is 0 Å². The summed E-state index contributed by atoms with van der Waals surface area (Å²) < 4.78 is 7.50. The maximum atomic E-state index is 5.36. The van der Waals surface area contributed by atoms with Crippen LogP contribution in [0, 0.1) is 6.92 Å². The lowest BCUT2D eigenvalue weighted by atomic mass is 10.4. The third-order valence-electron chi connectivity index (χ3n) is 2.70. The van der Waals surface area contributed by atoms with E-state index < -0.39 is 0 Å². The maximum Gasteiger partial charge on any atom is 0.203 e. The fourth-order valence-corrected chi connectivity index (χ4v) is 2.39. The minimum atomic E-state index is 0.714. The van der Waals surface area contributed by atoms with Gasteiger partial charge in [-0.05, 0) is 20.3 Å². The number of ether oxygens (including phenoxy) is 1. The van der Waals surface area contributed by atoms with E-state index in [1.165, 1.54) is 0 Å². The van der Waals surface area contributed by atoms with Gasteiger partial charge in [0.05, 0.1) is 23.4 Å². The Morgan fingerprint density at radius 2 is 2.37 bits per heavy atom. The monoisotopic (exact) mass is 280 g/mol. The summed E-state index contributed by atoms with van der Waals surface area (Å²) in [5, 5.41) is 5.38. The van der Waals surface area contributed by atoms with Crippen molar-refractivity contribution in [1.29, 1.82) is 0 Å². The molecule has 2 rings (SSSR count). The molecule has 0 aliphatic carbocycles. The SMILES string of the molecule is CCOCCCn1cc(C)nc1NCc1cscn1. The molecule has 0 atom stereocenters. The number of aryl methyl sites for hydroxylation is 2. The maximum absolute atomic E-state index is 5.36. The van der Waals surface area contributed by atoms with Crippen molar-refractivity contribution in [3.8, 4) is 0 Å². The molecule has 0 bridgehead atoms. The smallest absolute Gasteiger partial charge is 0.203 e. The summed E-state index contributed by atoms with van der Waals surface area (Å²) in [5.41, 5.74) is 3.92. The summed E-state index contributed by atoms with van der Waals surface area (Å²) in [6, 6.07) is 0. The van der Waals surface area contributed by atoms with Crippen LogP contribution >= 0.6 is 11.3 Å². The standard InChI is InChI=1S/C13H20N4OS/c1-3-18-6-4-5-17-8-11(2)16-13(17)14-7-12-9-19-10-15-12/h8-10H,3-7H2,1-2H3,(H,14,16). The largest absolute Gasteiger partial charge is 0.382 e. The first-order valence-electron chi connectivity index (χ1n) is 6.52. The molecule has 1 N–H and O–H groups in total. The Morgan fingerprint density at radius 3 is 3.11 bits per heavy atom. The van der Waals surface area contributed by atoms with Gasteiger partial charge < -0.3 is 14.6 Å². The predicted octanol–water partition coefficient (Wildman–Crippen LogP) is 2.69. The lowest BCUT2D eigenvalue weighted by Crippen LogP contribution is -2.09. The molecule has 0 amide bonds. The molecule has 0 fully saturated rings. The van der Waals surface area contributed by atoms with Crippen LogP contribution in [0.15, 0.2) is 17.1 Å². The van der Waals surface area contributed by atoms with Gasteiger partial charge in [0.15, 0.2) is 0 Å². The van der Waals surface area contributed by atoms with Crippen molar-refractivity contribution in [2.75, 3.05) is 18.5 Å². The Labute approximate surface area is 117 Å². The van der Waals surface area contributed by atoms with E-state index in [0.717, 1.165) is 43.5 Å². The number of thiazole rings is 1. The minimum absolute atomic E-state index is 0.714. The second-order valence-electron chi connectivity index (χ2n) is 4.28. The molecule has 0 unspecified atom stereocenters. The van der Waals surface area contributed by atoms with Gasteiger partial charge in [-0.15, -0.1) is 11.3 Å². The van der Waals surface area contributed by atoms with Crippen molar-refractivity contribution in [3.05, 3.63) is 28.5 Å². The molecule has 104 valence electrons. The van der Waals surface area contributed by atoms with Crippen molar-refractivity contribution in [2.45, 2.75) is 33.4 Å². The zero-order valence-corrected chi connectivity index (χ0v) is 12.2. The highest BCUT2D eigenvalue weighted by Crippen LogP contribution is 2.11. The van der Waals surface area contributed by atoms with Crippen molar-refractivity contribution in [1.82, 2.24) is 14.5 Å². The number of aromatic nitrogens is 3. The average Bonchev–Trinajstić information content (AvgIpc) is 3.02. The van der Waals surface area contributed by atoms with Gasteiger partial charge in [-0.2, -0.15) is 0 Å². The highest BCUT2D eigenvalue weighted by molar-refractivity contribution is 7.07. The molecule has 2 aromatic rings. The Morgan fingerprint density at radius 1 is 1.47 bits per heavy atom. The number of nitrogens with one attached hydrogen (secondary N) is 1. The van der Waals surface area contributed by atoms with Gasteiger partial charge >= 0.3 is 0 Å². The minimum Gasteiger partial charge on any atom is -0.382 e. The zero-order chi connectivity index (χ0) is 13.5. The second-order valence-corrected chi connectivity index (χ2v) is 5.00. The fourth-order valence-electron chi connectivity index (χ4n) is 1.83. The molecular formula is C13H20N4OS. The summed E-state index contributed by atoms with van der Waals surface area (Å²) >= 11 is 1.61. The van der Waals surface area contributed by atoms with Crippen LogP contribution in [0.4, 0.5) is 5.95 Å². The van der Waals surface area contributed by atoms with E-state index in [4.69, 9.17) is 4.74 Å². The van der Waals surface area contributed by atoms with Gasteiger partial charge in [-0.25, -0.2) is 9.97 Å². The molecule has 0 aromatic carbocycles. The van der Waals surface area contributed by atoms with E-state index in [-0.39, 0.29) is 0 Å². The second kappa shape index (κ2) is 7.25. The zero-order valence-electron chi connectivity index (χ0n) is 11.4. The molecule has 6 heteroatoms. The summed E-state index contributed by atoms with van der Waals surface area (Å²) in [7, 11) is 0. The van der Waals surface area contributed by atoms with Crippen LogP contribution in [0.3, 0.4) is 0 Å². The van der Waals surface area contributed by atoms with E-state index in [0.29, 0.717) is 6.54 Å². The van der Waals surface area contributed by atoms with E-state index in [1.54, 1.807) is 11.3 Å². The van der Waals surface area contributed by atoms with E-state index in [2.05, 4.69) is 26.0 Å². The molecule has 0 saturated heterocycles. The van der Waals surface area contributed by atoms with Gasteiger partial charge in [0.1, 0.15) is 0 Å². The van der Waals surface area contributed by atoms with Crippen molar-refractivity contribution in [3.63, 3.8) is 0 Å². The average molecular weight is 280 g/mol. The van der Waals surface area contributed by atoms with Crippen LogP contribution < -0.4 is 5.32 Å². The number of hydrogen-bond acceptors (Lipinski definition) is 5. The topological polar surface area (TPSA) is 52.0 Å². The molecule has 0 spiro atoms. The van der Waals surface area contributed by atoms with Crippen molar-refractivity contribution < 1.29 is 4.74 Å². The molecule has 2 heterocycles. The highest BCUT2D eigenvalue weighted by atomic mass is 32.1. The molecule has 2 aromatic heterocycles. The molecule has 19 heavy (non-hydrogen) atoms. The fraction of sp³-hybridized carbons (Fsp3) is 0.538. The quantitative estimate of drug-likeness (QED) is 0.755. The first-order valence-corrected chi connectivity index (χ1v) is 7.46. The number of anilines is 1. The third-order valence-corrected chi connectivity index (χ3v) is 3.34. The lowest BCUT2D eigenvalue weighted by molar-refractivity contribution is 0.142. The number of hydrogen-bond donors (Lipinski definition) is 1. The van der Waals surface area contributed by atoms with Crippen LogP contribution in [0.2, 0.25) is 0 Å². The van der Waals surface area contributed by atoms with Crippen LogP contribution in [0.5, 0.6) is 0 Å². The van der Waals surface area contributed by atoms with E-state index in [1.807, 2.05) is 24.7 Å². The van der Waals surface area contributed by atoms with Gasteiger partial charge in [0.25, 0.3) is 0 Å². The highest BCUT2D eigenvalue weighted by Gasteiger charge is 2.05. The Bertz CT molecular complexity index is 481. The third kappa shape index (κ3) is 4.33. The Hall–Kier alpha value is -1.40. The number of rotatable bonds is 8. The Balaban J connectivity index is 1.88. The lowest BCUT2D eigenvalue weighted by Gasteiger charge is -2.08. The Kier molecular flexibility index (Phi) is 5.35. The normalized spacial score (nSPS) is 10.8.